The third-order valence-corrected chi connectivity index (χ3v) is 3.03. The Bertz CT molecular complexity index is 742. The number of nitrogens with zero attached hydrogens (tertiary/aromatic N) is 1. The van der Waals surface area contributed by atoms with E-state index in [1.165, 1.54) is 37.4 Å². The molecule has 1 amide bonds. The number of carboxylic acid groups (broad SMARTS) is 1. The summed E-state index contributed by atoms with van der Waals surface area (Å²) in [5, 5.41) is 12.6. The van der Waals surface area contributed by atoms with Gasteiger partial charge in [0.1, 0.15) is 11.6 Å². The highest BCUT2D eigenvalue weighted by Crippen LogP contribution is 2.13. The zero-order valence-corrected chi connectivity index (χ0v) is 12.8. The first kappa shape index (κ1) is 17.1. The fraction of sp³-hybridized carbons (Fsp3) is 0.118. The highest BCUT2D eigenvalue weighted by atomic mass is 19.1. The van der Waals surface area contributed by atoms with Gasteiger partial charge in [0.25, 0.3) is 5.91 Å². The van der Waals surface area contributed by atoms with E-state index < -0.39 is 23.8 Å². The van der Waals surface area contributed by atoms with Crippen LogP contribution < -0.4 is 10.2 Å². The van der Waals surface area contributed by atoms with Crippen LogP contribution in [-0.2, 0) is 4.79 Å². The Labute approximate surface area is 137 Å². The largest absolute Gasteiger partial charge is 0.479 e. The molecule has 0 fully saturated rings. The Balaban J connectivity index is 1.91. The summed E-state index contributed by atoms with van der Waals surface area (Å²) in [6.45, 7) is 1.43. The van der Waals surface area contributed by atoms with Gasteiger partial charge < -0.3 is 9.84 Å². The van der Waals surface area contributed by atoms with E-state index in [0.29, 0.717) is 16.9 Å². The van der Waals surface area contributed by atoms with Gasteiger partial charge in [0.15, 0.2) is 6.10 Å². The van der Waals surface area contributed by atoms with Crippen molar-refractivity contribution < 1.29 is 23.8 Å². The van der Waals surface area contributed by atoms with Crippen LogP contribution in [0.2, 0.25) is 0 Å². The molecule has 0 bridgehead atoms. The monoisotopic (exact) mass is 330 g/mol. The van der Waals surface area contributed by atoms with Gasteiger partial charge in [-0.2, -0.15) is 5.10 Å². The molecule has 0 spiro atoms. The average Bonchev–Trinajstić information content (AvgIpc) is 2.56. The zero-order valence-electron chi connectivity index (χ0n) is 12.8. The average molecular weight is 330 g/mol. The van der Waals surface area contributed by atoms with Crippen molar-refractivity contribution in [2.45, 2.75) is 13.0 Å². The van der Waals surface area contributed by atoms with Gasteiger partial charge in [-0.05, 0) is 61.0 Å². The molecule has 0 heterocycles. The van der Waals surface area contributed by atoms with E-state index in [1.807, 2.05) is 0 Å². The molecule has 0 aromatic heterocycles. The molecule has 2 rings (SSSR count). The smallest absolute Gasteiger partial charge is 0.344 e. The molecular formula is C17H15FN2O4. The lowest BCUT2D eigenvalue weighted by Gasteiger charge is -2.09. The van der Waals surface area contributed by atoms with Crippen molar-refractivity contribution >= 4 is 18.1 Å². The van der Waals surface area contributed by atoms with E-state index >= 15 is 0 Å². The summed E-state index contributed by atoms with van der Waals surface area (Å²) in [5.41, 5.74) is 3.30. The molecule has 2 aromatic carbocycles. The minimum Gasteiger partial charge on any atom is -0.479 e. The number of ether oxygens (including phenoxy) is 1. The highest BCUT2D eigenvalue weighted by Gasteiger charge is 2.11. The van der Waals surface area contributed by atoms with Crippen LogP contribution in [0.25, 0.3) is 0 Å². The Hall–Kier alpha value is -3.22. The van der Waals surface area contributed by atoms with Gasteiger partial charge in [-0.15, -0.1) is 0 Å². The number of halogens is 1. The van der Waals surface area contributed by atoms with E-state index in [1.54, 1.807) is 24.3 Å². The number of amides is 1. The number of carbonyl (C=O) groups is 2. The summed E-state index contributed by atoms with van der Waals surface area (Å²) in [5.74, 6) is -1.52. The maximum atomic E-state index is 12.8. The highest BCUT2D eigenvalue weighted by molar-refractivity contribution is 5.94. The van der Waals surface area contributed by atoms with Gasteiger partial charge in [0, 0.05) is 5.56 Å². The Morgan fingerprint density at radius 1 is 1.17 bits per heavy atom. The van der Waals surface area contributed by atoms with Crippen LogP contribution in [0.15, 0.2) is 53.6 Å². The molecule has 0 aliphatic rings. The summed E-state index contributed by atoms with van der Waals surface area (Å²) in [4.78, 5) is 22.5. The maximum Gasteiger partial charge on any atom is 0.344 e. The number of nitrogens with one attached hydrogen (secondary N) is 1. The van der Waals surface area contributed by atoms with E-state index in [4.69, 9.17) is 9.84 Å². The molecule has 2 N–H and O–H groups in total. The number of hydrogen-bond acceptors (Lipinski definition) is 4. The van der Waals surface area contributed by atoms with Gasteiger partial charge in [-0.25, -0.2) is 14.6 Å². The predicted octanol–water partition coefficient (Wildman–Crippen LogP) is 2.44. The molecule has 0 aliphatic heterocycles. The van der Waals surface area contributed by atoms with E-state index in [9.17, 15) is 14.0 Å². The van der Waals surface area contributed by atoms with Gasteiger partial charge in [0.05, 0.1) is 6.21 Å². The van der Waals surface area contributed by atoms with E-state index in [0.717, 1.165) is 0 Å². The Kier molecular flexibility index (Phi) is 5.62. The molecule has 0 unspecified atom stereocenters. The summed E-state index contributed by atoms with van der Waals surface area (Å²) in [6, 6.07) is 11.6. The topological polar surface area (TPSA) is 88.0 Å². The van der Waals surface area contributed by atoms with Crippen LogP contribution in [0.3, 0.4) is 0 Å². The minimum absolute atomic E-state index is 0.292. The van der Waals surface area contributed by atoms with Crippen LogP contribution in [-0.4, -0.2) is 29.3 Å². The number of carbonyl (C=O) groups excluding carboxylic acids is 1. The summed E-state index contributed by atoms with van der Waals surface area (Å²) in [6.07, 6.45) is 0.478. The second-order valence-electron chi connectivity index (χ2n) is 4.87. The Morgan fingerprint density at radius 2 is 1.79 bits per heavy atom. The van der Waals surface area contributed by atoms with Gasteiger partial charge in [0.2, 0.25) is 0 Å². The fourth-order valence-corrected chi connectivity index (χ4v) is 1.72. The van der Waals surface area contributed by atoms with Crippen molar-refractivity contribution in [1.82, 2.24) is 5.43 Å². The number of carboxylic acids is 1. The molecule has 0 saturated heterocycles. The van der Waals surface area contributed by atoms with E-state index in [-0.39, 0.29) is 0 Å². The lowest BCUT2D eigenvalue weighted by molar-refractivity contribution is -0.144. The molecule has 124 valence electrons. The molecule has 0 radical (unpaired) electrons. The number of hydrazone groups is 1. The molecule has 6 nitrogen and oxygen atoms in total. The molecule has 1 atom stereocenters. The van der Waals surface area contributed by atoms with Crippen molar-refractivity contribution in [2.24, 2.45) is 5.10 Å². The predicted molar refractivity (Wildman–Crippen MR) is 85.6 cm³/mol. The summed E-state index contributed by atoms with van der Waals surface area (Å²) >= 11 is 0. The number of rotatable bonds is 6. The lowest BCUT2D eigenvalue weighted by Crippen LogP contribution is -2.22. The van der Waals surface area contributed by atoms with Gasteiger partial charge in [-0.3, -0.25) is 4.79 Å². The Morgan fingerprint density at radius 3 is 2.38 bits per heavy atom. The van der Waals surface area contributed by atoms with Crippen molar-refractivity contribution in [1.29, 1.82) is 0 Å². The molecule has 7 heteroatoms. The molecule has 2 aromatic rings. The first-order valence-electron chi connectivity index (χ1n) is 7.04. The molecular weight excluding hydrogens is 315 g/mol. The summed E-state index contributed by atoms with van der Waals surface area (Å²) < 4.78 is 18.0. The number of hydrogen-bond donors (Lipinski definition) is 2. The minimum atomic E-state index is -1.05. The van der Waals surface area contributed by atoms with Crippen molar-refractivity contribution in [3.8, 4) is 5.75 Å². The maximum absolute atomic E-state index is 12.8. The van der Waals surface area contributed by atoms with Crippen LogP contribution >= 0.6 is 0 Å². The van der Waals surface area contributed by atoms with E-state index in [2.05, 4.69) is 10.5 Å². The molecule has 0 aliphatic carbocycles. The fourth-order valence-electron chi connectivity index (χ4n) is 1.72. The van der Waals surface area contributed by atoms with Gasteiger partial charge in [-0.1, -0.05) is 0 Å². The van der Waals surface area contributed by atoms with Crippen LogP contribution in [0.1, 0.15) is 22.8 Å². The SMILES string of the molecule is C[C@@H](Oc1ccc(/C=N\NC(=O)c2ccc(F)cc2)cc1)C(=O)O. The molecule has 0 saturated carbocycles. The van der Waals surface area contributed by atoms with Crippen molar-refractivity contribution in [3.05, 3.63) is 65.5 Å². The number of aliphatic carboxylic acids is 1. The van der Waals surface area contributed by atoms with Gasteiger partial charge >= 0.3 is 5.97 Å². The van der Waals surface area contributed by atoms with Crippen molar-refractivity contribution in [2.75, 3.05) is 0 Å². The van der Waals surface area contributed by atoms with Crippen molar-refractivity contribution in [3.63, 3.8) is 0 Å². The second kappa shape index (κ2) is 7.87. The quantitative estimate of drug-likeness (QED) is 0.629. The third kappa shape index (κ3) is 4.91. The third-order valence-electron chi connectivity index (χ3n) is 3.03. The number of benzene rings is 2. The van der Waals surface area contributed by atoms with Crippen LogP contribution in [0.5, 0.6) is 5.75 Å². The standard InChI is InChI=1S/C17H15FN2O4/c1-11(17(22)23)24-15-8-2-12(3-9-15)10-19-20-16(21)13-4-6-14(18)7-5-13/h2-11H,1H3,(H,20,21)(H,22,23)/b19-10-/t11-/m1/s1. The van der Waals surface area contributed by atoms with Crippen LogP contribution in [0, 0.1) is 5.82 Å². The van der Waals surface area contributed by atoms with Crippen LogP contribution in [0.4, 0.5) is 4.39 Å². The first-order valence-corrected chi connectivity index (χ1v) is 7.04. The first-order chi connectivity index (χ1) is 11.5. The summed E-state index contributed by atoms with van der Waals surface area (Å²) in [7, 11) is 0. The normalized spacial score (nSPS) is 11.9. The zero-order chi connectivity index (χ0) is 17.5. The molecule has 24 heavy (non-hydrogen) atoms. The second-order valence-corrected chi connectivity index (χ2v) is 4.87. The lowest BCUT2D eigenvalue weighted by atomic mass is 10.2.